The van der Waals surface area contributed by atoms with Crippen molar-refractivity contribution in [3.63, 3.8) is 0 Å². The molecule has 0 aromatic heterocycles. The molecule has 0 aliphatic rings. The lowest BCUT2D eigenvalue weighted by atomic mass is 10.2. The second-order valence-electron chi connectivity index (χ2n) is 3.82. The van der Waals surface area contributed by atoms with Crippen molar-refractivity contribution in [1.82, 2.24) is 0 Å². The maximum atomic E-state index is 13.5. The predicted molar refractivity (Wildman–Crippen MR) is 81.1 cm³/mol. The van der Waals surface area contributed by atoms with E-state index in [1.54, 1.807) is 22.6 Å². The van der Waals surface area contributed by atoms with Gasteiger partial charge in [0.15, 0.2) is 0 Å². The van der Waals surface area contributed by atoms with E-state index in [1.165, 1.54) is 12.1 Å². The third kappa shape index (κ3) is 3.32. The molecule has 0 atom stereocenters. The molecule has 0 saturated heterocycles. The fourth-order valence-corrected chi connectivity index (χ4v) is 2.55. The van der Waals surface area contributed by atoms with Crippen LogP contribution in [0.4, 0.5) is 18.9 Å². The van der Waals surface area contributed by atoms with Gasteiger partial charge in [0.05, 0.1) is 15.7 Å². The molecule has 7 heteroatoms. The smallest absolute Gasteiger partial charge is 0.256 e. The molecule has 2 aromatic carbocycles. The molecule has 2 nitrogen and oxygen atoms in total. The number of nitrogens with one attached hydrogen (secondary N) is 1. The van der Waals surface area contributed by atoms with Crippen LogP contribution in [0.25, 0.3) is 0 Å². The second kappa shape index (κ2) is 6.13. The zero-order chi connectivity index (χ0) is 14.9. The van der Waals surface area contributed by atoms with Crippen LogP contribution in [-0.2, 0) is 0 Å². The summed E-state index contributed by atoms with van der Waals surface area (Å²) in [5.41, 5.74) is 0.0373. The average Bonchev–Trinajstić information content (AvgIpc) is 2.35. The van der Waals surface area contributed by atoms with Crippen LogP contribution in [0.5, 0.6) is 0 Å². The van der Waals surface area contributed by atoms with Crippen LogP contribution >= 0.6 is 38.5 Å². The second-order valence-corrected chi connectivity index (χ2v) is 5.84. The predicted octanol–water partition coefficient (Wildman–Crippen LogP) is 4.72. The van der Waals surface area contributed by atoms with E-state index in [9.17, 15) is 18.0 Å². The summed E-state index contributed by atoms with van der Waals surface area (Å²) in [6.45, 7) is 0. The number of benzene rings is 2. The Morgan fingerprint density at radius 1 is 1.10 bits per heavy atom. The average molecular weight is 456 g/mol. The zero-order valence-electron chi connectivity index (χ0n) is 9.68. The van der Waals surface area contributed by atoms with Gasteiger partial charge in [-0.05, 0) is 62.8 Å². The van der Waals surface area contributed by atoms with Crippen LogP contribution in [0.3, 0.4) is 0 Å². The van der Waals surface area contributed by atoms with E-state index in [0.717, 1.165) is 12.1 Å². The highest BCUT2D eigenvalue weighted by Crippen LogP contribution is 2.24. The van der Waals surface area contributed by atoms with Gasteiger partial charge >= 0.3 is 0 Å². The van der Waals surface area contributed by atoms with Crippen LogP contribution in [0, 0.1) is 21.0 Å². The van der Waals surface area contributed by atoms with E-state index in [-0.39, 0.29) is 15.7 Å². The van der Waals surface area contributed by atoms with Gasteiger partial charge in [0.25, 0.3) is 5.91 Å². The molecule has 0 saturated carbocycles. The normalized spacial score (nSPS) is 10.4. The van der Waals surface area contributed by atoms with Crippen LogP contribution in [0.1, 0.15) is 10.4 Å². The van der Waals surface area contributed by atoms with Gasteiger partial charge in [-0.3, -0.25) is 4.79 Å². The lowest BCUT2D eigenvalue weighted by molar-refractivity contribution is 0.102. The first-order valence-corrected chi connectivity index (χ1v) is 7.16. The number of rotatable bonds is 2. The molecule has 0 heterocycles. The highest BCUT2D eigenvalue weighted by atomic mass is 127. The Morgan fingerprint density at radius 2 is 1.80 bits per heavy atom. The van der Waals surface area contributed by atoms with Crippen LogP contribution in [-0.4, -0.2) is 5.91 Å². The van der Waals surface area contributed by atoms with Crippen molar-refractivity contribution in [2.75, 3.05) is 5.32 Å². The first-order chi connectivity index (χ1) is 9.38. The highest BCUT2D eigenvalue weighted by molar-refractivity contribution is 14.1. The van der Waals surface area contributed by atoms with Crippen molar-refractivity contribution < 1.29 is 18.0 Å². The molecule has 104 valence electrons. The van der Waals surface area contributed by atoms with Crippen LogP contribution < -0.4 is 5.32 Å². The van der Waals surface area contributed by atoms with E-state index >= 15 is 0 Å². The molecular weight excluding hydrogens is 450 g/mol. The Morgan fingerprint density at radius 3 is 2.45 bits per heavy atom. The van der Waals surface area contributed by atoms with Gasteiger partial charge in [0.1, 0.15) is 17.5 Å². The number of halogens is 5. The lowest BCUT2D eigenvalue weighted by Gasteiger charge is -2.09. The van der Waals surface area contributed by atoms with Crippen LogP contribution in [0.2, 0.25) is 0 Å². The van der Waals surface area contributed by atoms with Crippen molar-refractivity contribution in [2.45, 2.75) is 0 Å². The van der Waals surface area contributed by atoms with E-state index in [1.807, 2.05) is 0 Å². The lowest BCUT2D eigenvalue weighted by Crippen LogP contribution is -2.14. The molecule has 1 amide bonds. The van der Waals surface area contributed by atoms with E-state index in [2.05, 4.69) is 21.2 Å². The van der Waals surface area contributed by atoms with Gasteiger partial charge in [-0.2, -0.15) is 0 Å². The Bertz CT molecular complexity index is 694. The third-order valence-electron chi connectivity index (χ3n) is 2.43. The van der Waals surface area contributed by atoms with Gasteiger partial charge in [0.2, 0.25) is 0 Å². The standard InChI is InChI=1S/C13H6BrF3INO/c14-8-4-12(10(17)5-9(8)16)19-13(20)7-2-1-6(15)3-11(7)18/h1-5H,(H,19,20). The zero-order valence-corrected chi connectivity index (χ0v) is 13.4. The third-order valence-corrected chi connectivity index (χ3v) is 3.93. The monoisotopic (exact) mass is 455 g/mol. The Labute approximate surface area is 134 Å². The minimum Gasteiger partial charge on any atom is -0.319 e. The van der Waals surface area contributed by atoms with Gasteiger partial charge in [-0.15, -0.1) is 0 Å². The van der Waals surface area contributed by atoms with Crippen LogP contribution in [0.15, 0.2) is 34.8 Å². The minimum atomic E-state index is -0.892. The molecule has 2 aromatic rings. The largest absolute Gasteiger partial charge is 0.319 e. The molecule has 0 radical (unpaired) electrons. The number of anilines is 1. The summed E-state index contributed by atoms with van der Waals surface area (Å²) in [6, 6.07) is 5.40. The maximum absolute atomic E-state index is 13.5. The summed E-state index contributed by atoms with van der Waals surface area (Å²) >= 11 is 4.71. The number of carbonyl (C=O) groups excluding carboxylic acids is 1. The maximum Gasteiger partial charge on any atom is 0.256 e. The number of hydrogen-bond acceptors (Lipinski definition) is 1. The van der Waals surface area contributed by atoms with Crippen molar-refractivity contribution in [1.29, 1.82) is 0 Å². The van der Waals surface area contributed by atoms with Crippen molar-refractivity contribution in [2.24, 2.45) is 0 Å². The van der Waals surface area contributed by atoms with Gasteiger partial charge in [0, 0.05) is 9.64 Å². The van der Waals surface area contributed by atoms with Gasteiger partial charge in [-0.1, -0.05) is 0 Å². The molecule has 1 N–H and O–H groups in total. The molecule has 0 aliphatic carbocycles. The molecule has 20 heavy (non-hydrogen) atoms. The summed E-state index contributed by atoms with van der Waals surface area (Å²) in [6.07, 6.45) is 0. The fraction of sp³-hybridized carbons (Fsp3) is 0. The molecule has 0 fully saturated rings. The summed E-state index contributed by atoms with van der Waals surface area (Å²) in [7, 11) is 0. The summed E-state index contributed by atoms with van der Waals surface area (Å²) < 4.78 is 40.0. The Balaban J connectivity index is 2.30. The highest BCUT2D eigenvalue weighted by Gasteiger charge is 2.14. The molecule has 2 rings (SSSR count). The molecule has 0 spiro atoms. The summed E-state index contributed by atoms with van der Waals surface area (Å²) in [5, 5.41) is 2.32. The number of carbonyl (C=O) groups is 1. The first-order valence-electron chi connectivity index (χ1n) is 5.29. The molecule has 0 aliphatic heterocycles. The van der Waals surface area contributed by atoms with E-state index < -0.39 is 23.4 Å². The minimum absolute atomic E-state index is 0.0306. The Kier molecular flexibility index (Phi) is 4.69. The van der Waals surface area contributed by atoms with Crippen molar-refractivity contribution in [3.8, 4) is 0 Å². The van der Waals surface area contributed by atoms with Crippen molar-refractivity contribution in [3.05, 3.63) is 61.4 Å². The molecular formula is C13H6BrF3INO. The topological polar surface area (TPSA) is 29.1 Å². The first kappa shape index (κ1) is 15.3. The number of hydrogen-bond donors (Lipinski definition) is 1. The van der Waals surface area contributed by atoms with Gasteiger partial charge in [-0.25, -0.2) is 13.2 Å². The quantitative estimate of drug-likeness (QED) is 0.515. The summed E-state index contributed by atoms with van der Waals surface area (Å²) in [4.78, 5) is 12.0. The molecule has 0 bridgehead atoms. The van der Waals surface area contributed by atoms with E-state index in [4.69, 9.17) is 0 Å². The SMILES string of the molecule is O=C(Nc1cc(Br)c(F)cc1F)c1ccc(F)cc1I. The van der Waals surface area contributed by atoms with Crippen molar-refractivity contribution >= 4 is 50.1 Å². The van der Waals surface area contributed by atoms with E-state index in [0.29, 0.717) is 9.64 Å². The Hall–Kier alpha value is -1.09. The van der Waals surface area contributed by atoms with Gasteiger partial charge < -0.3 is 5.32 Å². The number of amides is 1. The molecule has 0 unspecified atom stereocenters. The summed E-state index contributed by atoms with van der Waals surface area (Å²) in [5.74, 6) is -2.73. The fourth-order valence-electron chi connectivity index (χ4n) is 1.48.